The Morgan fingerprint density at radius 1 is 1.53 bits per heavy atom. The largest absolute Gasteiger partial charge is 0.478 e. The average molecular weight is 279 g/mol. The molecule has 0 atom stereocenters. The molecule has 1 aliphatic carbocycles. The first-order chi connectivity index (χ1) is 9.04. The van der Waals surface area contributed by atoms with Crippen LogP contribution < -0.4 is 0 Å². The van der Waals surface area contributed by atoms with Gasteiger partial charge in [0.2, 0.25) is 0 Å². The van der Waals surface area contributed by atoms with Crippen LogP contribution in [0, 0.1) is 5.92 Å². The Morgan fingerprint density at radius 2 is 2.26 bits per heavy atom. The van der Waals surface area contributed by atoms with Crippen LogP contribution in [0.2, 0.25) is 0 Å². The SMILES string of the molecule is CC(C)N(Cc1ccc(C=CC(=O)O)s1)CC1CC1. The number of hydrogen-bond donors (Lipinski definition) is 1. The van der Waals surface area contributed by atoms with Crippen LogP contribution in [-0.2, 0) is 11.3 Å². The molecule has 104 valence electrons. The lowest BCUT2D eigenvalue weighted by molar-refractivity contribution is -0.131. The summed E-state index contributed by atoms with van der Waals surface area (Å²) in [5.41, 5.74) is 0. The molecule has 0 saturated heterocycles. The third-order valence-corrected chi connectivity index (χ3v) is 4.39. The molecular formula is C15H21NO2S. The van der Waals surface area contributed by atoms with E-state index >= 15 is 0 Å². The van der Waals surface area contributed by atoms with Crippen LogP contribution in [0.3, 0.4) is 0 Å². The number of aliphatic carboxylic acids is 1. The standard InChI is InChI=1S/C15H21NO2S/c1-11(2)16(9-12-3-4-12)10-14-6-5-13(19-14)7-8-15(17)18/h5-8,11-12H,3-4,9-10H2,1-2H3,(H,17,18). The fourth-order valence-corrected chi connectivity index (χ4v) is 2.95. The molecule has 0 bridgehead atoms. The van der Waals surface area contributed by atoms with Gasteiger partial charge in [0.05, 0.1) is 0 Å². The van der Waals surface area contributed by atoms with Crippen LogP contribution in [0.4, 0.5) is 0 Å². The highest BCUT2D eigenvalue weighted by Crippen LogP contribution is 2.31. The lowest BCUT2D eigenvalue weighted by Crippen LogP contribution is -2.31. The van der Waals surface area contributed by atoms with Crippen LogP contribution in [0.5, 0.6) is 0 Å². The predicted molar refractivity (Wildman–Crippen MR) is 79.3 cm³/mol. The molecule has 0 aliphatic heterocycles. The highest BCUT2D eigenvalue weighted by Gasteiger charge is 2.25. The third-order valence-electron chi connectivity index (χ3n) is 3.35. The summed E-state index contributed by atoms with van der Waals surface area (Å²) >= 11 is 1.68. The Hall–Kier alpha value is -1.13. The predicted octanol–water partition coefficient (Wildman–Crippen LogP) is 3.47. The Kier molecular flexibility index (Phi) is 4.77. The van der Waals surface area contributed by atoms with E-state index in [1.165, 1.54) is 30.3 Å². The van der Waals surface area contributed by atoms with Crippen LogP contribution in [0.15, 0.2) is 18.2 Å². The van der Waals surface area contributed by atoms with Crippen molar-refractivity contribution >= 4 is 23.4 Å². The second-order valence-electron chi connectivity index (χ2n) is 5.44. The Balaban J connectivity index is 1.94. The van der Waals surface area contributed by atoms with Gasteiger partial charge in [0, 0.05) is 35.0 Å². The number of carboxylic acids is 1. The van der Waals surface area contributed by atoms with E-state index in [2.05, 4.69) is 24.8 Å². The summed E-state index contributed by atoms with van der Waals surface area (Å²) in [7, 11) is 0. The minimum atomic E-state index is -0.896. The van der Waals surface area contributed by atoms with Gasteiger partial charge >= 0.3 is 5.97 Å². The monoisotopic (exact) mass is 279 g/mol. The molecule has 1 N–H and O–H groups in total. The number of nitrogens with zero attached hydrogens (tertiary/aromatic N) is 1. The van der Waals surface area contributed by atoms with Crippen LogP contribution >= 0.6 is 11.3 Å². The molecule has 0 radical (unpaired) electrons. The fourth-order valence-electron chi connectivity index (χ4n) is 2.01. The first-order valence-electron chi connectivity index (χ1n) is 6.78. The van der Waals surface area contributed by atoms with E-state index in [9.17, 15) is 4.79 Å². The van der Waals surface area contributed by atoms with Crippen molar-refractivity contribution in [3.8, 4) is 0 Å². The molecular weight excluding hydrogens is 258 g/mol. The number of hydrogen-bond acceptors (Lipinski definition) is 3. The van der Waals surface area contributed by atoms with Gasteiger partial charge in [0.1, 0.15) is 0 Å². The molecule has 0 amide bonds. The van der Waals surface area contributed by atoms with Gasteiger partial charge < -0.3 is 5.11 Å². The average Bonchev–Trinajstić information content (AvgIpc) is 3.04. The lowest BCUT2D eigenvalue weighted by Gasteiger charge is -2.25. The Bertz CT molecular complexity index is 460. The van der Waals surface area contributed by atoms with E-state index in [1.807, 2.05) is 6.07 Å². The molecule has 1 aromatic heterocycles. The summed E-state index contributed by atoms with van der Waals surface area (Å²) in [4.78, 5) is 15.3. The molecule has 0 unspecified atom stereocenters. The number of rotatable bonds is 7. The number of thiophene rings is 1. The van der Waals surface area contributed by atoms with Crippen molar-refractivity contribution in [3.63, 3.8) is 0 Å². The minimum Gasteiger partial charge on any atom is -0.478 e. The normalized spacial score (nSPS) is 15.8. The van der Waals surface area contributed by atoms with Crippen molar-refractivity contribution in [1.82, 2.24) is 4.90 Å². The second kappa shape index (κ2) is 6.35. The van der Waals surface area contributed by atoms with E-state index in [0.717, 1.165) is 17.3 Å². The van der Waals surface area contributed by atoms with Crippen molar-refractivity contribution in [2.75, 3.05) is 6.54 Å². The quantitative estimate of drug-likeness (QED) is 0.777. The smallest absolute Gasteiger partial charge is 0.328 e. The lowest BCUT2D eigenvalue weighted by atomic mass is 10.2. The van der Waals surface area contributed by atoms with Crippen LogP contribution in [0.25, 0.3) is 6.08 Å². The van der Waals surface area contributed by atoms with Crippen LogP contribution in [-0.4, -0.2) is 28.6 Å². The summed E-state index contributed by atoms with van der Waals surface area (Å²) in [6, 6.07) is 4.66. The van der Waals surface area contributed by atoms with Gasteiger partial charge in [-0.25, -0.2) is 4.79 Å². The molecule has 1 saturated carbocycles. The van der Waals surface area contributed by atoms with Crippen molar-refractivity contribution in [3.05, 3.63) is 28.0 Å². The van der Waals surface area contributed by atoms with Crippen molar-refractivity contribution in [1.29, 1.82) is 0 Å². The maximum atomic E-state index is 10.5. The number of carboxylic acid groups (broad SMARTS) is 1. The topological polar surface area (TPSA) is 40.5 Å². The molecule has 1 aliphatic rings. The van der Waals surface area contributed by atoms with E-state index in [0.29, 0.717) is 6.04 Å². The van der Waals surface area contributed by atoms with E-state index in [1.54, 1.807) is 17.4 Å². The molecule has 0 aromatic carbocycles. The second-order valence-corrected chi connectivity index (χ2v) is 6.64. The first-order valence-corrected chi connectivity index (χ1v) is 7.60. The summed E-state index contributed by atoms with van der Waals surface area (Å²) in [5, 5.41) is 8.62. The van der Waals surface area contributed by atoms with E-state index in [-0.39, 0.29) is 0 Å². The van der Waals surface area contributed by atoms with E-state index in [4.69, 9.17) is 5.11 Å². The van der Waals surface area contributed by atoms with Gasteiger partial charge in [-0.15, -0.1) is 11.3 Å². The Labute approximate surface area is 118 Å². The van der Waals surface area contributed by atoms with Gasteiger partial charge in [-0.3, -0.25) is 4.90 Å². The third kappa shape index (κ3) is 4.80. The van der Waals surface area contributed by atoms with Gasteiger partial charge in [-0.1, -0.05) is 0 Å². The maximum absolute atomic E-state index is 10.5. The van der Waals surface area contributed by atoms with Gasteiger partial charge in [0.15, 0.2) is 0 Å². The molecule has 4 heteroatoms. The first kappa shape index (κ1) is 14.3. The van der Waals surface area contributed by atoms with Gasteiger partial charge in [-0.05, 0) is 50.8 Å². The number of carbonyl (C=O) groups is 1. The summed E-state index contributed by atoms with van der Waals surface area (Å²) in [6.07, 6.45) is 5.61. The van der Waals surface area contributed by atoms with Gasteiger partial charge in [-0.2, -0.15) is 0 Å². The molecule has 1 fully saturated rings. The Morgan fingerprint density at radius 3 is 2.84 bits per heavy atom. The maximum Gasteiger partial charge on any atom is 0.328 e. The van der Waals surface area contributed by atoms with Gasteiger partial charge in [0.25, 0.3) is 0 Å². The van der Waals surface area contributed by atoms with Crippen molar-refractivity contribution < 1.29 is 9.90 Å². The summed E-state index contributed by atoms with van der Waals surface area (Å²) in [6.45, 7) is 6.64. The fraction of sp³-hybridized carbons (Fsp3) is 0.533. The highest BCUT2D eigenvalue weighted by atomic mass is 32.1. The minimum absolute atomic E-state index is 0.556. The molecule has 2 rings (SSSR count). The molecule has 1 heterocycles. The molecule has 19 heavy (non-hydrogen) atoms. The van der Waals surface area contributed by atoms with E-state index < -0.39 is 5.97 Å². The molecule has 0 spiro atoms. The van der Waals surface area contributed by atoms with Crippen LogP contribution in [0.1, 0.15) is 36.4 Å². The zero-order valence-corrected chi connectivity index (χ0v) is 12.3. The molecule has 3 nitrogen and oxygen atoms in total. The zero-order valence-electron chi connectivity index (χ0n) is 11.5. The van der Waals surface area contributed by atoms with Crippen molar-refractivity contribution in [2.24, 2.45) is 5.92 Å². The zero-order chi connectivity index (χ0) is 13.8. The molecule has 1 aromatic rings. The summed E-state index contributed by atoms with van der Waals surface area (Å²) < 4.78 is 0. The summed E-state index contributed by atoms with van der Waals surface area (Å²) in [5.74, 6) is 0.00114. The highest BCUT2D eigenvalue weighted by molar-refractivity contribution is 7.12. The van der Waals surface area contributed by atoms with Crippen molar-refractivity contribution in [2.45, 2.75) is 39.3 Å².